The molecule has 0 radical (unpaired) electrons. The van der Waals surface area contributed by atoms with Crippen molar-refractivity contribution in [3.8, 4) is 16.3 Å². The van der Waals surface area contributed by atoms with E-state index >= 15 is 0 Å². The second kappa shape index (κ2) is 7.41. The molecule has 0 spiro atoms. The predicted octanol–water partition coefficient (Wildman–Crippen LogP) is 4.62. The number of carbonyl (C=O) groups is 1. The Hall–Kier alpha value is -2.45. The minimum absolute atomic E-state index is 0.389. The van der Waals surface area contributed by atoms with Gasteiger partial charge in [0.15, 0.2) is 0 Å². The second-order valence-electron chi connectivity index (χ2n) is 4.73. The number of benzene rings is 2. The van der Waals surface area contributed by atoms with Gasteiger partial charge < -0.3 is 10.1 Å². The highest BCUT2D eigenvalue weighted by molar-refractivity contribution is 9.10. The zero-order valence-corrected chi connectivity index (χ0v) is 15.0. The summed E-state index contributed by atoms with van der Waals surface area (Å²) in [7, 11) is 1.57. The van der Waals surface area contributed by atoms with Crippen LogP contribution in [0.1, 0.15) is 0 Å². The van der Waals surface area contributed by atoms with Crippen molar-refractivity contribution in [2.75, 3.05) is 17.7 Å². The van der Waals surface area contributed by atoms with Crippen LogP contribution in [0.4, 0.5) is 15.6 Å². The zero-order valence-electron chi connectivity index (χ0n) is 12.6. The summed E-state index contributed by atoms with van der Waals surface area (Å²) < 4.78 is 6.08. The van der Waals surface area contributed by atoms with Gasteiger partial charge in [-0.1, -0.05) is 45.5 Å². The number of nitrogens with one attached hydrogen (secondary N) is 2. The molecular weight excluding hydrogens is 392 g/mol. The summed E-state index contributed by atoms with van der Waals surface area (Å²) >= 11 is 4.72. The molecule has 24 heavy (non-hydrogen) atoms. The first-order valence-corrected chi connectivity index (χ1v) is 8.56. The summed E-state index contributed by atoms with van der Waals surface area (Å²) in [5, 5.41) is 14.6. The summed E-state index contributed by atoms with van der Waals surface area (Å²) in [5.41, 5.74) is 1.56. The molecule has 0 bridgehead atoms. The van der Waals surface area contributed by atoms with Crippen molar-refractivity contribution in [3.05, 3.63) is 53.0 Å². The number of rotatable bonds is 4. The number of urea groups is 1. The molecule has 0 unspecified atom stereocenters. The lowest BCUT2D eigenvalue weighted by Crippen LogP contribution is -2.19. The molecular formula is C16H13BrN4O2S. The van der Waals surface area contributed by atoms with Crippen LogP contribution in [0.2, 0.25) is 0 Å². The molecule has 2 N–H and O–H groups in total. The SMILES string of the molecule is COc1cccc(NC(=O)Nc2nnc(-c3cccc(Br)c3)s2)c1. The summed E-state index contributed by atoms with van der Waals surface area (Å²) in [4.78, 5) is 12.0. The Kier molecular flexibility index (Phi) is 5.07. The Labute approximate surface area is 151 Å². The van der Waals surface area contributed by atoms with E-state index in [9.17, 15) is 4.79 Å². The molecule has 1 heterocycles. The van der Waals surface area contributed by atoms with Gasteiger partial charge in [0.1, 0.15) is 10.8 Å². The van der Waals surface area contributed by atoms with Crippen molar-refractivity contribution in [2.24, 2.45) is 0 Å². The molecule has 0 saturated heterocycles. The largest absolute Gasteiger partial charge is 0.497 e. The average Bonchev–Trinajstić information content (AvgIpc) is 3.03. The molecule has 1 aromatic heterocycles. The number of halogens is 1. The number of aromatic nitrogens is 2. The molecule has 2 aromatic carbocycles. The van der Waals surface area contributed by atoms with Crippen LogP contribution in [0, 0.1) is 0 Å². The Balaban J connectivity index is 1.67. The first-order valence-electron chi connectivity index (χ1n) is 6.95. The van der Waals surface area contributed by atoms with Crippen molar-refractivity contribution in [1.82, 2.24) is 10.2 Å². The third kappa shape index (κ3) is 4.09. The van der Waals surface area contributed by atoms with Crippen LogP contribution in [0.5, 0.6) is 5.75 Å². The Morgan fingerprint density at radius 1 is 1.12 bits per heavy atom. The molecule has 3 rings (SSSR count). The lowest BCUT2D eigenvalue weighted by atomic mass is 10.2. The fourth-order valence-corrected chi connectivity index (χ4v) is 3.11. The predicted molar refractivity (Wildman–Crippen MR) is 98.7 cm³/mol. The van der Waals surface area contributed by atoms with Gasteiger partial charge in [0.25, 0.3) is 0 Å². The normalized spacial score (nSPS) is 10.2. The van der Waals surface area contributed by atoms with E-state index in [1.165, 1.54) is 11.3 Å². The number of hydrogen-bond acceptors (Lipinski definition) is 5. The molecule has 0 fully saturated rings. The van der Waals surface area contributed by atoms with Crippen LogP contribution in [0.25, 0.3) is 10.6 Å². The van der Waals surface area contributed by atoms with Crippen LogP contribution in [-0.2, 0) is 0 Å². The first-order chi connectivity index (χ1) is 11.6. The highest BCUT2D eigenvalue weighted by Gasteiger charge is 2.10. The standard InChI is InChI=1S/C16H13BrN4O2S/c1-23-13-7-3-6-12(9-13)18-15(22)19-16-21-20-14(24-16)10-4-2-5-11(17)8-10/h2-9H,1H3,(H2,18,19,21,22). The van der Waals surface area contributed by atoms with Gasteiger partial charge in [0.05, 0.1) is 7.11 Å². The quantitative estimate of drug-likeness (QED) is 0.664. The number of nitrogens with zero attached hydrogens (tertiary/aromatic N) is 2. The average molecular weight is 405 g/mol. The maximum absolute atomic E-state index is 12.0. The number of methoxy groups -OCH3 is 1. The van der Waals surface area contributed by atoms with Gasteiger partial charge in [0, 0.05) is 21.8 Å². The Morgan fingerprint density at radius 3 is 2.75 bits per heavy atom. The van der Waals surface area contributed by atoms with Crippen LogP contribution in [-0.4, -0.2) is 23.3 Å². The van der Waals surface area contributed by atoms with Gasteiger partial charge in [-0.3, -0.25) is 5.32 Å². The van der Waals surface area contributed by atoms with E-state index in [0.29, 0.717) is 16.6 Å². The van der Waals surface area contributed by atoms with Gasteiger partial charge in [-0.05, 0) is 24.3 Å². The lowest BCUT2D eigenvalue weighted by molar-refractivity contribution is 0.262. The van der Waals surface area contributed by atoms with Gasteiger partial charge in [-0.15, -0.1) is 10.2 Å². The molecule has 122 valence electrons. The number of hydrogen-bond donors (Lipinski definition) is 2. The molecule has 6 nitrogen and oxygen atoms in total. The smallest absolute Gasteiger partial charge is 0.325 e. The maximum atomic E-state index is 12.0. The van der Waals surface area contributed by atoms with E-state index in [1.807, 2.05) is 24.3 Å². The van der Waals surface area contributed by atoms with Crippen LogP contribution in [0.15, 0.2) is 53.0 Å². The maximum Gasteiger partial charge on any atom is 0.325 e. The first kappa shape index (κ1) is 16.4. The van der Waals surface area contributed by atoms with E-state index in [1.54, 1.807) is 31.4 Å². The molecule has 2 amide bonds. The van der Waals surface area contributed by atoms with E-state index in [0.717, 1.165) is 15.0 Å². The Bertz CT molecular complexity index is 869. The van der Waals surface area contributed by atoms with Crippen LogP contribution < -0.4 is 15.4 Å². The molecule has 0 aliphatic heterocycles. The third-order valence-corrected chi connectivity index (χ3v) is 4.43. The third-order valence-electron chi connectivity index (χ3n) is 3.04. The van der Waals surface area contributed by atoms with Crippen molar-refractivity contribution in [2.45, 2.75) is 0 Å². The number of anilines is 2. The summed E-state index contributed by atoms with van der Waals surface area (Å²) in [6.07, 6.45) is 0. The summed E-state index contributed by atoms with van der Waals surface area (Å²) in [6, 6.07) is 14.4. The van der Waals surface area contributed by atoms with Gasteiger partial charge >= 0.3 is 6.03 Å². The van der Waals surface area contributed by atoms with Crippen LogP contribution >= 0.6 is 27.3 Å². The summed E-state index contributed by atoms with van der Waals surface area (Å²) in [5.74, 6) is 0.667. The highest BCUT2D eigenvalue weighted by atomic mass is 79.9. The van der Waals surface area contributed by atoms with Crippen molar-refractivity contribution in [1.29, 1.82) is 0 Å². The molecule has 0 atom stereocenters. The van der Waals surface area contributed by atoms with Crippen LogP contribution in [0.3, 0.4) is 0 Å². The molecule has 3 aromatic rings. The number of carbonyl (C=O) groups excluding carboxylic acids is 1. The minimum atomic E-state index is -0.389. The minimum Gasteiger partial charge on any atom is -0.497 e. The number of amides is 2. The van der Waals surface area contributed by atoms with Crippen molar-refractivity contribution in [3.63, 3.8) is 0 Å². The molecule has 0 aliphatic rings. The van der Waals surface area contributed by atoms with E-state index in [-0.39, 0.29) is 6.03 Å². The number of ether oxygens (including phenoxy) is 1. The lowest BCUT2D eigenvalue weighted by Gasteiger charge is -2.06. The monoisotopic (exact) mass is 404 g/mol. The van der Waals surface area contributed by atoms with E-state index in [2.05, 4.69) is 36.8 Å². The molecule has 8 heteroatoms. The Morgan fingerprint density at radius 2 is 1.96 bits per heavy atom. The highest BCUT2D eigenvalue weighted by Crippen LogP contribution is 2.28. The zero-order chi connectivity index (χ0) is 16.9. The van der Waals surface area contributed by atoms with Gasteiger partial charge in [-0.2, -0.15) is 0 Å². The van der Waals surface area contributed by atoms with Crippen molar-refractivity contribution >= 4 is 44.1 Å². The fourth-order valence-electron chi connectivity index (χ4n) is 1.97. The van der Waals surface area contributed by atoms with E-state index in [4.69, 9.17) is 4.74 Å². The van der Waals surface area contributed by atoms with E-state index < -0.39 is 0 Å². The molecule has 0 saturated carbocycles. The summed E-state index contributed by atoms with van der Waals surface area (Å²) in [6.45, 7) is 0. The topological polar surface area (TPSA) is 76.1 Å². The van der Waals surface area contributed by atoms with Gasteiger partial charge in [0.2, 0.25) is 5.13 Å². The fraction of sp³-hybridized carbons (Fsp3) is 0.0625. The van der Waals surface area contributed by atoms with Gasteiger partial charge in [-0.25, -0.2) is 4.79 Å². The molecule has 0 aliphatic carbocycles. The second-order valence-corrected chi connectivity index (χ2v) is 6.63. The van der Waals surface area contributed by atoms with Crippen molar-refractivity contribution < 1.29 is 9.53 Å².